The first-order valence-electron chi connectivity index (χ1n) is 6.57. The molecule has 0 aliphatic carbocycles. The van der Waals surface area contributed by atoms with Crippen LogP contribution in [0.5, 0.6) is 0 Å². The molecule has 1 saturated heterocycles. The lowest BCUT2D eigenvalue weighted by Crippen LogP contribution is -2.15. The van der Waals surface area contributed by atoms with Gasteiger partial charge in [-0.05, 0) is 38.4 Å². The van der Waals surface area contributed by atoms with Crippen molar-refractivity contribution in [2.45, 2.75) is 25.8 Å². The van der Waals surface area contributed by atoms with Gasteiger partial charge in [0, 0.05) is 5.69 Å². The van der Waals surface area contributed by atoms with Gasteiger partial charge in [-0.1, -0.05) is 6.07 Å². The van der Waals surface area contributed by atoms with Gasteiger partial charge >= 0.3 is 0 Å². The maximum Gasteiger partial charge on any atom is 0.150 e. The van der Waals surface area contributed by atoms with Crippen molar-refractivity contribution in [3.63, 3.8) is 0 Å². The molecule has 19 heavy (non-hydrogen) atoms. The zero-order chi connectivity index (χ0) is 13.1. The van der Waals surface area contributed by atoms with Crippen molar-refractivity contribution < 1.29 is 0 Å². The molecule has 5 heteroatoms. The van der Waals surface area contributed by atoms with Gasteiger partial charge < -0.3 is 10.6 Å². The zero-order valence-corrected chi connectivity index (χ0v) is 10.9. The summed E-state index contributed by atoms with van der Waals surface area (Å²) in [7, 11) is 0. The molecule has 1 unspecified atom stereocenters. The number of nitrogens with zero attached hydrogens (tertiary/aromatic N) is 3. The van der Waals surface area contributed by atoms with E-state index in [2.05, 4.69) is 25.6 Å². The highest BCUT2D eigenvalue weighted by molar-refractivity contribution is 5.50. The molecule has 98 valence electrons. The average molecular weight is 255 g/mol. The molecule has 0 radical (unpaired) electrons. The van der Waals surface area contributed by atoms with Crippen LogP contribution in [-0.2, 0) is 0 Å². The number of rotatable bonds is 3. The summed E-state index contributed by atoms with van der Waals surface area (Å²) in [4.78, 5) is 13.3. The molecular weight excluding hydrogens is 238 g/mol. The normalized spacial score (nSPS) is 18.5. The molecule has 3 rings (SSSR count). The lowest BCUT2D eigenvalue weighted by Gasteiger charge is -2.11. The fourth-order valence-corrected chi connectivity index (χ4v) is 2.29. The molecular formula is C14H17N5. The van der Waals surface area contributed by atoms with Crippen molar-refractivity contribution in [1.82, 2.24) is 20.3 Å². The Balaban J connectivity index is 1.79. The van der Waals surface area contributed by atoms with Gasteiger partial charge in [-0.15, -0.1) is 0 Å². The predicted molar refractivity (Wildman–Crippen MR) is 74.3 cm³/mol. The van der Waals surface area contributed by atoms with E-state index in [9.17, 15) is 0 Å². The summed E-state index contributed by atoms with van der Waals surface area (Å²) in [5.74, 6) is 1.54. The van der Waals surface area contributed by atoms with Crippen LogP contribution in [0.4, 0.5) is 11.6 Å². The van der Waals surface area contributed by atoms with E-state index in [1.165, 1.54) is 6.42 Å². The van der Waals surface area contributed by atoms with Crippen LogP contribution >= 0.6 is 0 Å². The summed E-state index contributed by atoms with van der Waals surface area (Å²) in [6.07, 6.45) is 5.88. The van der Waals surface area contributed by atoms with Gasteiger partial charge in [0.15, 0.2) is 0 Å². The van der Waals surface area contributed by atoms with Crippen LogP contribution in [0.1, 0.15) is 30.3 Å². The molecule has 1 atom stereocenters. The van der Waals surface area contributed by atoms with E-state index in [-0.39, 0.29) is 0 Å². The highest BCUT2D eigenvalue weighted by atomic mass is 15.1. The highest BCUT2D eigenvalue weighted by Gasteiger charge is 2.17. The third kappa shape index (κ3) is 2.88. The molecule has 2 aromatic heterocycles. The number of nitrogens with one attached hydrogen (secondary N) is 2. The number of hydrogen-bond acceptors (Lipinski definition) is 5. The maximum absolute atomic E-state index is 4.60. The van der Waals surface area contributed by atoms with Gasteiger partial charge in [0.1, 0.15) is 11.6 Å². The molecule has 1 aliphatic rings. The lowest BCUT2D eigenvalue weighted by molar-refractivity contribution is 0.625. The third-order valence-electron chi connectivity index (χ3n) is 3.21. The average Bonchev–Trinajstić information content (AvgIpc) is 2.93. The van der Waals surface area contributed by atoms with Crippen LogP contribution in [0.15, 0.2) is 30.6 Å². The summed E-state index contributed by atoms with van der Waals surface area (Å²) in [5.41, 5.74) is 1.97. The fraction of sp³-hybridized carbons (Fsp3) is 0.357. The Morgan fingerprint density at radius 3 is 2.95 bits per heavy atom. The monoisotopic (exact) mass is 255 g/mol. The standard InChI is InChI=1S/C14H17N5/c1-10-4-2-6-13(17-10)19-14-9-15-8-12(18-14)11-5-3-7-16-11/h2,4,6,8-9,11,16H,3,5,7H2,1H3,(H,17,18,19). The van der Waals surface area contributed by atoms with E-state index >= 15 is 0 Å². The lowest BCUT2D eigenvalue weighted by atomic mass is 10.2. The first-order chi connectivity index (χ1) is 9.31. The summed E-state index contributed by atoms with van der Waals surface area (Å²) >= 11 is 0. The Labute approximate surface area is 112 Å². The Kier molecular flexibility index (Phi) is 3.37. The minimum absolute atomic E-state index is 0.333. The maximum atomic E-state index is 4.60. The zero-order valence-electron chi connectivity index (χ0n) is 10.9. The molecule has 3 heterocycles. The van der Waals surface area contributed by atoms with E-state index in [1.807, 2.05) is 31.3 Å². The molecule has 2 aromatic rings. The quantitative estimate of drug-likeness (QED) is 0.881. The minimum atomic E-state index is 0.333. The summed E-state index contributed by atoms with van der Waals surface area (Å²) in [6, 6.07) is 6.20. The van der Waals surface area contributed by atoms with E-state index in [4.69, 9.17) is 0 Å². The SMILES string of the molecule is Cc1cccc(Nc2cncc(C3CCCN3)n2)n1. The van der Waals surface area contributed by atoms with Crippen molar-refractivity contribution in [2.24, 2.45) is 0 Å². The summed E-state index contributed by atoms with van der Waals surface area (Å²) in [6.45, 7) is 3.03. The second kappa shape index (κ2) is 5.32. The first kappa shape index (κ1) is 12.0. The number of pyridine rings is 1. The largest absolute Gasteiger partial charge is 0.324 e. The topological polar surface area (TPSA) is 62.7 Å². The predicted octanol–water partition coefficient (Wildman–Crippen LogP) is 2.35. The smallest absolute Gasteiger partial charge is 0.150 e. The minimum Gasteiger partial charge on any atom is -0.324 e. The van der Waals surface area contributed by atoms with Gasteiger partial charge in [-0.25, -0.2) is 9.97 Å². The van der Waals surface area contributed by atoms with E-state index in [0.717, 1.165) is 36.0 Å². The number of aromatic nitrogens is 3. The van der Waals surface area contributed by atoms with E-state index in [0.29, 0.717) is 6.04 Å². The molecule has 0 bridgehead atoms. The number of aryl methyl sites for hydroxylation is 1. The number of anilines is 2. The van der Waals surface area contributed by atoms with Crippen LogP contribution in [0.2, 0.25) is 0 Å². The van der Waals surface area contributed by atoms with Crippen LogP contribution in [0.25, 0.3) is 0 Å². The first-order valence-corrected chi connectivity index (χ1v) is 6.57. The molecule has 0 amide bonds. The Hall–Kier alpha value is -2.01. The van der Waals surface area contributed by atoms with Crippen molar-refractivity contribution in [3.8, 4) is 0 Å². The van der Waals surface area contributed by atoms with Crippen LogP contribution in [-0.4, -0.2) is 21.5 Å². The van der Waals surface area contributed by atoms with Crippen molar-refractivity contribution in [3.05, 3.63) is 42.0 Å². The van der Waals surface area contributed by atoms with Gasteiger partial charge in [-0.3, -0.25) is 4.98 Å². The summed E-state index contributed by atoms with van der Waals surface area (Å²) < 4.78 is 0. The van der Waals surface area contributed by atoms with Crippen LogP contribution in [0.3, 0.4) is 0 Å². The van der Waals surface area contributed by atoms with Gasteiger partial charge in [-0.2, -0.15) is 0 Å². The molecule has 0 spiro atoms. The van der Waals surface area contributed by atoms with Crippen molar-refractivity contribution in [2.75, 3.05) is 11.9 Å². The van der Waals surface area contributed by atoms with Crippen LogP contribution in [0, 0.1) is 6.92 Å². The second-order valence-electron chi connectivity index (χ2n) is 4.77. The van der Waals surface area contributed by atoms with Gasteiger partial charge in [0.2, 0.25) is 0 Å². The van der Waals surface area contributed by atoms with Gasteiger partial charge in [0.05, 0.1) is 24.1 Å². The Morgan fingerprint density at radius 1 is 1.21 bits per heavy atom. The molecule has 1 aliphatic heterocycles. The fourth-order valence-electron chi connectivity index (χ4n) is 2.29. The highest BCUT2D eigenvalue weighted by Crippen LogP contribution is 2.22. The van der Waals surface area contributed by atoms with E-state index < -0.39 is 0 Å². The van der Waals surface area contributed by atoms with Gasteiger partial charge in [0.25, 0.3) is 0 Å². The summed E-state index contributed by atoms with van der Waals surface area (Å²) in [5, 5.41) is 6.62. The third-order valence-corrected chi connectivity index (χ3v) is 3.21. The molecule has 5 nitrogen and oxygen atoms in total. The Morgan fingerprint density at radius 2 is 2.16 bits per heavy atom. The van der Waals surface area contributed by atoms with Crippen LogP contribution < -0.4 is 10.6 Å². The Bertz CT molecular complexity index is 563. The molecule has 0 saturated carbocycles. The second-order valence-corrected chi connectivity index (χ2v) is 4.77. The van der Waals surface area contributed by atoms with Crippen molar-refractivity contribution in [1.29, 1.82) is 0 Å². The van der Waals surface area contributed by atoms with Crippen molar-refractivity contribution >= 4 is 11.6 Å². The molecule has 0 aromatic carbocycles. The number of hydrogen-bond donors (Lipinski definition) is 2. The molecule has 2 N–H and O–H groups in total. The molecule has 1 fully saturated rings. The van der Waals surface area contributed by atoms with E-state index in [1.54, 1.807) is 6.20 Å².